The molecule has 0 bridgehead atoms. The Labute approximate surface area is 82.4 Å². The summed E-state index contributed by atoms with van der Waals surface area (Å²) in [5.74, 6) is 0. The zero-order valence-electron chi connectivity index (χ0n) is 8.50. The van der Waals surface area contributed by atoms with Gasteiger partial charge >= 0.3 is 0 Å². The molecule has 2 rings (SSSR count). The Hall–Kier alpha value is -1.71. The summed E-state index contributed by atoms with van der Waals surface area (Å²) in [4.78, 5) is 0. The molecule has 72 valence electrons. The Morgan fingerprint density at radius 1 is 1.07 bits per heavy atom. The number of hydrogen-bond donors (Lipinski definition) is 1. The van der Waals surface area contributed by atoms with Crippen molar-refractivity contribution in [3.63, 3.8) is 0 Å². The van der Waals surface area contributed by atoms with Crippen LogP contribution in [-0.4, -0.2) is 20.4 Å². The largest absolute Gasteiger partial charge is 0.276 e. The van der Waals surface area contributed by atoms with Crippen LogP contribution in [0, 0.1) is 20.8 Å². The van der Waals surface area contributed by atoms with Crippen molar-refractivity contribution in [1.29, 1.82) is 0 Å². The highest BCUT2D eigenvalue weighted by atomic mass is 15.1. The van der Waals surface area contributed by atoms with Crippen LogP contribution < -0.4 is 0 Å². The molecule has 0 aliphatic carbocycles. The van der Waals surface area contributed by atoms with Gasteiger partial charge in [0, 0.05) is 6.20 Å². The van der Waals surface area contributed by atoms with Gasteiger partial charge in [-0.2, -0.15) is 10.2 Å². The van der Waals surface area contributed by atoms with Crippen molar-refractivity contribution < 1.29 is 0 Å². The van der Waals surface area contributed by atoms with Crippen molar-refractivity contribution in [2.75, 3.05) is 0 Å². The fourth-order valence-corrected chi connectivity index (χ4v) is 1.37. The molecule has 0 fully saturated rings. The van der Waals surface area contributed by atoms with E-state index in [4.69, 9.17) is 0 Å². The van der Waals surface area contributed by atoms with Gasteiger partial charge in [-0.25, -0.2) is 0 Å². The van der Waals surface area contributed by atoms with E-state index in [-0.39, 0.29) is 0 Å². The number of aromatic amines is 1. The van der Waals surface area contributed by atoms with E-state index in [1.807, 2.05) is 19.9 Å². The Balaban J connectivity index is 2.61. The molecule has 1 N–H and O–H groups in total. The van der Waals surface area contributed by atoms with Crippen LogP contribution in [0.1, 0.15) is 16.8 Å². The van der Waals surface area contributed by atoms with Crippen LogP contribution in [0.5, 0.6) is 0 Å². The van der Waals surface area contributed by atoms with Gasteiger partial charge < -0.3 is 0 Å². The molecule has 0 unspecified atom stereocenters. The topological polar surface area (TPSA) is 54.5 Å². The van der Waals surface area contributed by atoms with E-state index >= 15 is 0 Å². The predicted molar refractivity (Wildman–Crippen MR) is 53.8 cm³/mol. The van der Waals surface area contributed by atoms with Crippen LogP contribution in [0.4, 0.5) is 0 Å². The number of rotatable bonds is 1. The van der Waals surface area contributed by atoms with E-state index in [9.17, 15) is 0 Å². The first-order valence-corrected chi connectivity index (χ1v) is 4.50. The molecule has 0 aliphatic heterocycles. The van der Waals surface area contributed by atoms with Gasteiger partial charge in [0.05, 0.1) is 11.4 Å². The van der Waals surface area contributed by atoms with Crippen molar-refractivity contribution in [3.8, 4) is 11.4 Å². The second-order valence-electron chi connectivity index (χ2n) is 3.35. The number of aryl methyl sites for hydroxylation is 1. The second-order valence-corrected chi connectivity index (χ2v) is 3.35. The summed E-state index contributed by atoms with van der Waals surface area (Å²) >= 11 is 0. The van der Waals surface area contributed by atoms with E-state index in [2.05, 4.69) is 27.3 Å². The Morgan fingerprint density at radius 2 is 1.86 bits per heavy atom. The van der Waals surface area contributed by atoms with E-state index < -0.39 is 0 Å². The minimum Gasteiger partial charge on any atom is -0.276 e. The summed E-state index contributed by atoms with van der Waals surface area (Å²) in [6, 6.07) is 1.89. The highest BCUT2D eigenvalue weighted by Gasteiger charge is 2.09. The summed E-state index contributed by atoms with van der Waals surface area (Å²) in [5.41, 5.74) is 5.11. The van der Waals surface area contributed by atoms with Gasteiger partial charge in [0.15, 0.2) is 0 Å². The minimum absolute atomic E-state index is 0.880. The van der Waals surface area contributed by atoms with E-state index in [0.29, 0.717) is 0 Å². The molecule has 0 atom stereocenters. The molecule has 14 heavy (non-hydrogen) atoms. The van der Waals surface area contributed by atoms with E-state index in [0.717, 1.165) is 22.6 Å². The molecule has 4 nitrogen and oxygen atoms in total. The van der Waals surface area contributed by atoms with Crippen LogP contribution in [-0.2, 0) is 0 Å². The zero-order chi connectivity index (χ0) is 10.1. The maximum absolute atomic E-state index is 4.16. The average Bonchev–Trinajstić information content (AvgIpc) is 2.67. The number of nitrogens with one attached hydrogen (secondary N) is 1. The summed E-state index contributed by atoms with van der Waals surface area (Å²) in [6.45, 7) is 6.07. The fraction of sp³-hybridized carbons (Fsp3) is 0.300. The first-order valence-electron chi connectivity index (χ1n) is 4.50. The van der Waals surface area contributed by atoms with Crippen molar-refractivity contribution in [1.82, 2.24) is 20.4 Å². The van der Waals surface area contributed by atoms with Gasteiger partial charge in [-0.3, -0.25) is 5.10 Å². The second kappa shape index (κ2) is 3.21. The smallest absolute Gasteiger partial charge is 0.114 e. The van der Waals surface area contributed by atoms with E-state index in [1.54, 1.807) is 6.20 Å². The molecule has 2 heterocycles. The molecule has 0 radical (unpaired) electrons. The third-order valence-corrected chi connectivity index (χ3v) is 2.52. The van der Waals surface area contributed by atoms with Gasteiger partial charge in [0.2, 0.25) is 0 Å². The number of H-pyrrole nitrogens is 1. The van der Waals surface area contributed by atoms with Crippen molar-refractivity contribution in [2.24, 2.45) is 0 Å². The number of nitrogens with zero attached hydrogens (tertiary/aromatic N) is 3. The van der Waals surface area contributed by atoms with Gasteiger partial charge in [-0.1, -0.05) is 0 Å². The predicted octanol–water partition coefficient (Wildman–Crippen LogP) is 1.79. The average molecular weight is 188 g/mol. The molecule has 0 amide bonds. The van der Waals surface area contributed by atoms with Crippen LogP contribution in [0.2, 0.25) is 0 Å². The SMILES string of the molecule is Cc1nnc(-c2ccn[nH]2)c(C)c1C. The van der Waals surface area contributed by atoms with Crippen LogP contribution in [0.25, 0.3) is 11.4 Å². The zero-order valence-corrected chi connectivity index (χ0v) is 8.50. The van der Waals surface area contributed by atoms with Gasteiger partial charge in [0.25, 0.3) is 0 Å². The van der Waals surface area contributed by atoms with Crippen molar-refractivity contribution in [2.45, 2.75) is 20.8 Å². The van der Waals surface area contributed by atoms with Gasteiger partial charge in [-0.05, 0) is 38.0 Å². The Kier molecular flexibility index (Phi) is 2.04. The summed E-state index contributed by atoms with van der Waals surface area (Å²) in [7, 11) is 0. The normalized spacial score (nSPS) is 10.5. The molecule has 0 spiro atoms. The van der Waals surface area contributed by atoms with Gasteiger partial charge in [0.1, 0.15) is 5.69 Å². The molecule has 2 aromatic rings. The van der Waals surface area contributed by atoms with Crippen LogP contribution >= 0.6 is 0 Å². The maximum Gasteiger partial charge on any atom is 0.114 e. The first-order chi connectivity index (χ1) is 6.70. The lowest BCUT2D eigenvalue weighted by Crippen LogP contribution is -1.99. The van der Waals surface area contributed by atoms with Crippen molar-refractivity contribution >= 4 is 0 Å². The Morgan fingerprint density at radius 3 is 2.50 bits per heavy atom. The van der Waals surface area contributed by atoms with Crippen LogP contribution in [0.3, 0.4) is 0 Å². The number of aromatic nitrogens is 4. The molecular weight excluding hydrogens is 176 g/mol. The quantitative estimate of drug-likeness (QED) is 0.742. The monoisotopic (exact) mass is 188 g/mol. The number of hydrogen-bond acceptors (Lipinski definition) is 3. The van der Waals surface area contributed by atoms with Crippen LogP contribution in [0.15, 0.2) is 12.3 Å². The lowest BCUT2D eigenvalue weighted by Gasteiger charge is -2.06. The molecule has 0 saturated heterocycles. The molecule has 0 aromatic carbocycles. The molecule has 0 saturated carbocycles. The summed E-state index contributed by atoms with van der Waals surface area (Å²) in [6.07, 6.45) is 1.71. The lowest BCUT2D eigenvalue weighted by atomic mass is 10.1. The third-order valence-electron chi connectivity index (χ3n) is 2.52. The molecule has 0 aliphatic rings. The van der Waals surface area contributed by atoms with Crippen molar-refractivity contribution in [3.05, 3.63) is 29.1 Å². The minimum atomic E-state index is 0.880. The maximum atomic E-state index is 4.16. The fourth-order valence-electron chi connectivity index (χ4n) is 1.37. The summed E-state index contributed by atoms with van der Waals surface area (Å²) < 4.78 is 0. The standard InChI is InChI=1S/C10H12N4/c1-6-7(2)10(14-12-8(6)3)9-4-5-11-13-9/h4-5H,1-3H3,(H,11,13). The molecule has 2 aromatic heterocycles. The first kappa shape index (κ1) is 8.87. The highest BCUT2D eigenvalue weighted by Crippen LogP contribution is 2.20. The molecular formula is C10H12N4. The Bertz CT molecular complexity index is 445. The summed E-state index contributed by atoms with van der Waals surface area (Å²) in [5, 5.41) is 15.0. The third kappa shape index (κ3) is 1.28. The highest BCUT2D eigenvalue weighted by molar-refractivity contribution is 5.59. The van der Waals surface area contributed by atoms with Gasteiger partial charge in [-0.15, -0.1) is 5.10 Å². The van der Waals surface area contributed by atoms with E-state index in [1.165, 1.54) is 5.56 Å². The lowest BCUT2D eigenvalue weighted by molar-refractivity contribution is 0.942. The molecule has 4 heteroatoms.